The molecular formula is C18H19N5O3. The molecule has 8 nitrogen and oxygen atoms in total. The van der Waals surface area contributed by atoms with Crippen molar-refractivity contribution < 1.29 is 14.4 Å². The fourth-order valence-electron chi connectivity index (χ4n) is 3.00. The zero-order valence-electron chi connectivity index (χ0n) is 14.2. The third-order valence-electron chi connectivity index (χ3n) is 4.56. The van der Waals surface area contributed by atoms with Crippen LogP contribution in [0, 0.1) is 0 Å². The summed E-state index contributed by atoms with van der Waals surface area (Å²) in [6.45, 7) is 1.34. The van der Waals surface area contributed by atoms with E-state index in [1.54, 1.807) is 29.1 Å². The van der Waals surface area contributed by atoms with Crippen molar-refractivity contribution in [3.8, 4) is 0 Å². The van der Waals surface area contributed by atoms with E-state index in [-0.39, 0.29) is 24.1 Å². The molecule has 0 saturated heterocycles. The molecule has 2 amide bonds. The summed E-state index contributed by atoms with van der Waals surface area (Å²) in [6, 6.07) is 5.18. The van der Waals surface area contributed by atoms with Crippen LogP contribution in [0.2, 0.25) is 0 Å². The number of amides is 2. The molecule has 2 aromatic heterocycles. The van der Waals surface area contributed by atoms with Gasteiger partial charge in [-0.25, -0.2) is 0 Å². The highest BCUT2D eigenvalue weighted by Gasteiger charge is 2.29. The Kier molecular flexibility index (Phi) is 4.24. The predicted molar refractivity (Wildman–Crippen MR) is 91.3 cm³/mol. The van der Waals surface area contributed by atoms with Crippen molar-refractivity contribution in [3.63, 3.8) is 0 Å². The van der Waals surface area contributed by atoms with Crippen LogP contribution in [0.25, 0.3) is 0 Å². The van der Waals surface area contributed by atoms with Crippen LogP contribution >= 0.6 is 0 Å². The topological polar surface area (TPSA) is 97.2 Å². The third kappa shape index (κ3) is 3.35. The van der Waals surface area contributed by atoms with Crippen LogP contribution in [0.3, 0.4) is 0 Å². The summed E-state index contributed by atoms with van der Waals surface area (Å²) in [4.78, 5) is 42.6. The van der Waals surface area contributed by atoms with Gasteiger partial charge in [-0.1, -0.05) is 0 Å². The molecule has 26 heavy (non-hydrogen) atoms. The van der Waals surface area contributed by atoms with E-state index >= 15 is 0 Å². The van der Waals surface area contributed by atoms with Crippen molar-refractivity contribution in [3.05, 3.63) is 47.5 Å². The number of carbonyl (C=O) groups excluding carboxylic acids is 3. The normalized spacial score (nSPS) is 16.5. The number of ketones is 1. The van der Waals surface area contributed by atoms with Gasteiger partial charge < -0.3 is 10.2 Å². The van der Waals surface area contributed by atoms with E-state index in [0.717, 1.165) is 18.5 Å². The van der Waals surface area contributed by atoms with E-state index in [1.165, 1.54) is 11.1 Å². The fraction of sp³-hybridized carbons (Fsp3) is 0.389. The average molecular weight is 353 g/mol. The lowest BCUT2D eigenvalue weighted by Crippen LogP contribution is -2.36. The van der Waals surface area contributed by atoms with Gasteiger partial charge in [0.1, 0.15) is 0 Å². The van der Waals surface area contributed by atoms with Gasteiger partial charge in [-0.15, -0.1) is 0 Å². The molecule has 1 aliphatic carbocycles. The van der Waals surface area contributed by atoms with E-state index in [4.69, 9.17) is 0 Å². The lowest BCUT2D eigenvalue weighted by Gasteiger charge is -2.18. The summed E-state index contributed by atoms with van der Waals surface area (Å²) in [6.07, 6.45) is 5.64. The number of carbonyl (C=O) groups is 3. The molecule has 0 unspecified atom stereocenters. The molecule has 134 valence electrons. The van der Waals surface area contributed by atoms with Gasteiger partial charge in [0.2, 0.25) is 0 Å². The van der Waals surface area contributed by atoms with Crippen LogP contribution in [-0.4, -0.2) is 49.8 Å². The van der Waals surface area contributed by atoms with Crippen molar-refractivity contribution in [1.82, 2.24) is 25.0 Å². The van der Waals surface area contributed by atoms with Gasteiger partial charge in [0, 0.05) is 37.1 Å². The van der Waals surface area contributed by atoms with Crippen molar-refractivity contribution >= 4 is 17.6 Å². The number of fused-ring (bicyclic) bond motifs is 1. The zero-order valence-corrected chi connectivity index (χ0v) is 14.2. The predicted octanol–water partition coefficient (Wildman–Crippen LogP) is 0.785. The molecule has 2 aromatic rings. The number of hydrogen-bond acceptors (Lipinski definition) is 5. The van der Waals surface area contributed by atoms with Crippen molar-refractivity contribution in [2.75, 3.05) is 6.54 Å². The average Bonchev–Trinajstić information content (AvgIpc) is 3.43. The third-order valence-corrected chi connectivity index (χ3v) is 4.56. The number of hydrogen-bond donors (Lipinski definition) is 1. The van der Waals surface area contributed by atoms with E-state index < -0.39 is 11.7 Å². The Bertz CT molecular complexity index is 857. The largest absolute Gasteiger partial charge is 0.348 e. The van der Waals surface area contributed by atoms with Crippen molar-refractivity contribution in [2.24, 2.45) is 0 Å². The van der Waals surface area contributed by atoms with Gasteiger partial charge in [0.05, 0.1) is 12.2 Å². The maximum Gasteiger partial charge on any atom is 0.295 e. The van der Waals surface area contributed by atoms with Crippen molar-refractivity contribution in [1.29, 1.82) is 0 Å². The van der Waals surface area contributed by atoms with Crippen LogP contribution in [0.1, 0.15) is 45.8 Å². The molecule has 1 fully saturated rings. The molecule has 0 atom stereocenters. The maximum absolute atomic E-state index is 12.6. The van der Waals surface area contributed by atoms with E-state index in [9.17, 15) is 14.4 Å². The highest BCUT2D eigenvalue weighted by Crippen LogP contribution is 2.20. The lowest BCUT2D eigenvalue weighted by atomic mass is 10.1. The summed E-state index contributed by atoms with van der Waals surface area (Å²) in [7, 11) is 0. The van der Waals surface area contributed by atoms with Crippen LogP contribution < -0.4 is 5.32 Å². The molecular weight excluding hydrogens is 334 g/mol. The smallest absolute Gasteiger partial charge is 0.295 e. The van der Waals surface area contributed by atoms with Crippen LogP contribution in [0.15, 0.2) is 30.6 Å². The molecule has 3 heterocycles. The second-order valence-electron chi connectivity index (χ2n) is 6.64. The van der Waals surface area contributed by atoms with Gasteiger partial charge in [-0.2, -0.15) is 5.10 Å². The monoisotopic (exact) mass is 353 g/mol. The number of nitrogens with zero attached hydrogens (tertiary/aromatic N) is 4. The minimum atomic E-state index is -0.572. The molecule has 0 bridgehead atoms. The van der Waals surface area contributed by atoms with Gasteiger partial charge >= 0.3 is 0 Å². The molecule has 0 aromatic carbocycles. The van der Waals surface area contributed by atoms with Crippen LogP contribution in [0.4, 0.5) is 0 Å². The highest BCUT2D eigenvalue weighted by atomic mass is 16.2. The first-order chi connectivity index (χ1) is 12.6. The molecule has 4 rings (SSSR count). The summed E-state index contributed by atoms with van der Waals surface area (Å²) in [5.74, 6) is -1.31. The first-order valence-corrected chi connectivity index (χ1v) is 8.73. The minimum absolute atomic E-state index is 0.183. The zero-order chi connectivity index (χ0) is 18.1. The van der Waals surface area contributed by atoms with Gasteiger partial charge in [0.25, 0.3) is 17.6 Å². The molecule has 1 aliphatic heterocycles. The molecule has 0 radical (unpaired) electrons. The van der Waals surface area contributed by atoms with E-state index in [1.807, 2.05) is 0 Å². The summed E-state index contributed by atoms with van der Waals surface area (Å²) >= 11 is 0. The van der Waals surface area contributed by atoms with Crippen LogP contribution in [-0.2, 0) is 17.9 Å². The fourth-order valence-corrected chi connectivity index (χ4v) is 3.00. The number of pyridine rings is 1. The van der Waals surface area contributed by atoms with Gasteiger partial charge in [-0.3, -0.25) is 24.0 Å². The Balaban J connectivity index is 1.50. The number of aryl methyl sites for hydroxylation is 1. The number of Topliss-reactive ketones (excluding diaryl/α,β-unsaturated/α-hetero) is 1. The second-order valence-corrected chi connectivity index (χ2v) is 6.64. The molecule has 0 spiro atoms. The quantitative estimate of drug-likeness (QED) is 0.647. The Morgan fingerprint density at radius 2 is 2.04 bits per heavy atom. The Morgan fingerprint density at radius 3 is 2.77 bits per heavy atom. The van der Waals surface area contributed by atoms with E-state index in [0.29, 0.717) is 25.2 Å². The summed E-state index contributed by atoms with van der Waals surface area (Å²) in [5, 5.41) is 7.27. The summed E-state index contributed by atoms with van der Waals surface area (Å²) in [5.41, 5.74) is 1.40. The maximum atomic E-state index is 12.6. The Labute approximate surface area is 150 Å². The number of aromatic nitrogens is 3. The first-order valence-electron chi connectivity index (χ1n) is 8.73. The number of nitrogens with one attached hydrogen (secondary N) is 1. The Morgan fingerprint density at radius 1 is 1.19 bits per heavy atom. The highest BCUT2D eigenvalue weighted by molar-refractivity contribution is 6.42. The first kappa shape index (κ1) is 16.4. The van der Waals surface area contributed by atoms with Crippen molar-refractivity contribution in [2.45, 2.75) is 38.4 Å². The van der Waals surface area contributed by atoms with Crippen LogP contribution in [0.5, 0.6) is 0 Å². The van der Waals surface area contributed by atoms with Gasteiger partial charge in [0.15, 0.2) is 5.69 Å². The molecule has 1 N–H and O–H groups in total. The van der Waals surface area contributed by atoms with Gasteiger partial charge in [-0.05, 0) is 37.5 Å². The summed E-state index contributed by atoms with van der Waals surface area (Å²) < 4.78 is 1.75. The molecule has 1 saturated carbocycles. The molecule has 8 heteroatoms. The minimum Gasteiger partial charge on any atom is -0.348 e. The lowest BCUT2D eigenvalue weighted by molar-refractivity contribution is -0.127. The van der Waals surface area contributed by atoms with E-state index in [2.05, 4.69) is 15.4 Å². The number of rotatable bonds is 4. The second kappa shape index (κ2) is 6.70. The molecule has 2 aliphatic rings. The Hall–Kier alpha value is -3.03. The SMILES string of the molecule is O=C(C(=O)N1CCCn2nc(C(=O)NC3CC3)cc2C1)c1cccnc1. The standard InChI is InChI=1S/C18H19N5O3/c24-16(12-3-1-6-19-10-12)18(26)22-7-2-8-23-14(11-22)9-15(21-23)17(25)20-13-4-5-13/h1,3,6,9-10,13H,2,4-5,7-8,11H2,(H,20,25).